The van der Waals surface area contributed by atoms with Gasteiger partial charge in [0.1, 0.15) is 0 Å². The minimum atomic E-state index is -0.110. The van der Waals surface area contributed by atoms with Crippen LogP contribution in [0.1, 0.15) is 25.1 Å². The summed E-state index contributed by atoms with van der Waals surface area (Å²) in [5, 5.41) is 0. The topological polar surface area (TPSA) is 38.9 Å². The molecule has 0 amide bonds. The molecular weight excluding hydrogens is 248 g/mol. The summed E-state index contributed by atoms with van der Waals surface area (Å²) in [7, 11) is 0. The largest absolute Gasteiger partial charge is 0.436 e. The maximum atomic E-state index is 6.04. The molecule has 0 saturated heterocycles. The second kappa shape index (κ2) is 3.79. The van der Waals surface area contributed by atoms with Gasteiger partial charge in [-0.25, -0.2) is 4.98 Å². The van der Waals surface area contributed by atoms with Crippen molar-refractivity contribution in [3.63, 3.8) is 0 Å². The lowest BCUT2D eigenvalue weighted by molar-refractivity contribution is 0.588. The van der Waals surface area contributed by atoms with Crippen LogP contribution in [0.2, 0.25) is 0 Å². The molecule has 0 spiro atoms. The molecule has 3 aromatic rings. The van der Waals surface area contributed by atoms with Crippen molar-refractivity contribution < 1.29 is 4.42 Å². The van der Waals surface area contributed by atoms with E-state index in [2.05, 4.69) is 37.0 Å². The van der Waals surface area contributed by atoms with Crippen molar-refractivity contribution in [2.45, 2.75) is 19.3 Å². The number of fused-ring (bicyclic) bond motifs is 3. The second-order valence-corrected chi connectivity index (χ2v) is 5.60. The average molecular weight is 262 g/mol. The van der Waals surface area contributed by atoms with E-state index >= 15 is 0 Å². The van der Waals surface area contributed by atoms with Gasteiger partial charge in [0.25, 0.3) is 0 Å². The van der Waals surface area contributed by atoms with Gasteiger partial charge in [-0.05, 0) is 31.5 Å². The highest BCUT2D eigenvalue weighted by Gasteiger charge is 2.40. The highest BCUT2D eigenvalue weighted by Crippen LogP contribution is 2.49. The Kier molecular flexibility index (Phi) is 2.16. The monoisotopic (exact) mass is 262 g/mol. The Labute approximate surface area is 117 Å². The highest BCUT2D eigenvalue weighted by molar-refractivity contribution is 5.76. The number of rotatable bonds is 1. The van der Waals surface area contributed by atoms with Gasteiger partial charge in [-0.2, -0.15) is 0 Å². The normalized spacial score (nSPS) is 14.9. The molecule has 98 valence electrons. The molecule has 1 aliphatic carbocycles. The van der Waals surface area contributed by atoms with Crippen LogP contribution in [0.15, 0.2) is 53.2 Å². The molecular formula is C17H14N2O. The Hall–Kier alpha value is -2.42. The minimum Gasteiger partial charge on any atom is -0.436 e. The number of hydrogen-bond donors (Lipinski definition) is 0. The second-order valence-electron chi connectivity index (χ2n) is 5.60. The fourth-order valence-electron chi connectivity index (χ4n) is 2.90. The molecule has 3 nitrogen and oxygen atoms in total. The summed E-state index contributed by atoms with van der Waals surface area (Å²) in [6.07, 6.45) is 3.51. The van der Waals surface area contributed by atoms with Crippen molar-refractivity contribution in [2.24, 2.45) is 0 Å². The predicted molar refractivity (Wildman–Crippen MR) is 77.3 cm³/mol. The first-order valence-electron chi connectivity index (χ1n) is 6.69. The lowest BCUT2D eigenvalue weighted by Crippen LogP contribution is -2.15. The lowest BCUT2D eigenvalue weighted by Gasteiger charge is -2.18. The van der Waals surface area contributed by atoms with Crippen molar-refractivity contribution in [2.75, 3.05) is 0 Å². The molecule has 20 heavy (non-hydrogen) atoms. The molecule has 2 heterocycles. The summed E-state index contributed by atoms with van der Waals surface area (Å²) in [5.41, 5.74) is 4.30. The fraction of sp³-hybridized carbons (Fsp3) is 0.176. The Bertz CT molecular complexity index is 788. The molecule has 3 heteroatoms. The van der Waals surface area contributed by atoms with Gasteiger partial charge < -0.3 is 4.42 Å². The van der Waals surface area contributed by atoms with E-state index in [4.69, 9.17) is 9.40 Å². The quantitative estimate of drug-likeness (QED) is 0.664. The Morgan fingerprint density at radius 1 is 1.00 bits per heavy atom. The highest BCUT2D eigenvalue weighted by atomic mass is 16.4. The SMILES string of the molecule is CC1(C)c2ccccc2-c2oc(-c3ccncc3)nc21. The summed E-state index contributed by atoms with van der Waals surface area (Å²) in [6.45, 7) is 4.38. The van der Waals surface area contributed by atoms with Gasteiger partial charge in [-0.3, -0.25) is 4.98 Å². The predicted octanol–water partition coefficient (Wildman–Crippen LogP) is 4.04. The van der Waals surface area contributed by atoms with Crippen LogP contribution in [0.4, 0.5) is 0 Å². The zero-order chi connectivity index (χ0) is 13.7. The maximum absolute atomic E-state index is 6.04. The van der Waals surface area contributed by atoms with E-state index in [1.165, 1.54) is 5.56 Å². The Balaban J connectivity index is 1.95. The van der Waals surface area contributed by atoms with E-state index in [-0.39, 0.29) is 5.41 Å². The molecule has 0 saturated carbocycles. The van der Waals surface area contributed by atoms with E-state index in [9.17, 15) is 0 Å². The van der Waals surface area contributed by atoms with E-state index in [1.54, 1.807) is 12.4 Å². The molecule has 0 fully saturated rings. The number of aromatic nitrogens is 2. The van der Waals surface area contributed by atoms with Gasteiger partial charge in [-0.1, -0.05) is 24.3 Å². The zero-order valence-electron chi connectivity index (χ0n) is 11.4. The van der Waals surface area contributed by atoms with Crippen LogP contribution in [0.3, 0.4) is 0 Å². The summed E-state index contributed by atoms with van der Waals surface area (Å²) < 4.78 is 6.04. The summed E-state index contributed by atoms with van der Waals surface area (Å²) >= 11 is 0. The van der Waals surface area contributed by atoms with E-state index in [0.717, 1.165) is 22.6 Å². The third-order valence-electron chi connectivity index (χ3n) is 3.99. The van der Waals surface area contributed by atoms with Gasteiger partial charge in [-0.15, -0.1) is 0 Å². The Morgan fingerprint density at radius 2 is 1.75 bits per heavy atom. The first kappa shape index (κ1) is 11.4. The first-order valence-corrected chi connectivity index (χ1v) is 6.69. The van der Waals surface area contributed by atoms with Crippen molar-refractivity contribution in [3.8, 4) is 22.8 Å². The zero-order valence-corrected chi connectivity index (χ0v) is 11.4. The fourth-order valence-corrected chi connectivity index (χ4v) is 2.90. The van der Waals surface area contributed by atoms with Crippen LogP contribution in [0, 0.1) is 0 Å². The smallest absolute Gasteiger partial charge is 0.227 e. The van der Waals surface area contributed by atoms with E-state index in [1.807, 2.05) is 18.2 Å². The van der Waals surface area contributed by atoms with Gasteiger partial charge in [0.2, 0.25) is 5.89 Å². The van der Waals surface area contributed by atoms with Crippen molar-refractivity contribution in [3.05, 3.63) is 60.0 Å². The molecule has 2 aromatic heterocycles. The van der Waals surface area contributed by atoms with Gasteiger partial charge in [0, 0.05) is 28.9 Å². The third-order valence-corrected chi connectivity index (χ3v) is 3.99. The summed E-state index contributed by atoms with van der Waals surface area (Å²) in [5.74, 6) is 1.57. The van der Waals surface area contributed by atoms with Crippen LogP contribution in [-0.4, -0.2) is 9.97 Å². The Morgan fingerprint density at radius 3 is 2.55 bits per heavy atom. The molecule has 0 unspecified atom stereocenters. The van der Waals surface area contributed by atoms with Crippen LogP contribution in [0.25, 0.3) is 22.8 Å². The first-order chi connectivity index (χ1) is 9.68. The average Bonchev–Trinajstić information content (AvgIpc) is 3.01. The molecule has 0 bridgehead atoms. The van der Waals surface area contributed by atoms with Crippen LogP contribution < -0.4 is 0 Å². The molecule has 1 aliphatic rings. The molecule has 0 radical (unpaired) electrons. The van der Waals surface area contributed by atoms with Crippen molar-refractivity contribution >= 4 is 0 Å². The molecule has 4 rings (SSSR count). The minimum absolute atomic E-state index is 0.110. The lowest BCUT2D eigenvalue weighted by atomic mass is 9.85. The maximum Gasteiger partial charge on any atom is 0.227 e. The van der Waals surface area contributed by atoms with Crippen LogP contribution in [0.5, 0.6) is 0 Å². The number of nitrogens with zero attached hydrogens (tertiary/aromatic N) is 2. The van der Waals surface area contributed by atoms with Crippen molar-refractivity contribution in [1.29, 1.82) is 0 Å². The van der Waals surface area contributed by atoms with Crippen molar-refractivity contribution in [1.82, 2.24) is 9.97 Å². The number of oxazole rings is 1. The summed E-state index contributed by atoms with van der Waals surface area (Å²) in [6, 6.07) is 12.2. The number of benzene rings is 1. The van der Waals surface area contributed by atoms with Gasteiger partial charge in [0.05, 0.1) is 5.69 Å². The molecule has 0 N–H and O–H groups in total. The molecule has 0 aliphatic heterocycles. The number of pyridine rings is 1. The standard InChI is InChI=1S/C17H14N2O/c1-17(2)13-6-4-3-5-12(13)14-15(17)19-16(20-14)11-7-9-18-10-8-11/h3-10H,1-2H3. The van der Waals surface area contributed by atoms with Gasteiger partial charge in [0.15, 0.2) is 5.76 Å². The summed E-state index contributed by atoms with van der Waals surface area (Å²) in [4.78, 5) is 8.76. The molecule has 1 aromatic carbocycles. The third kappa shape index (κ3) is 1.40. The van der Waals surface area contributed by atoms with Crippen LogP contribution >= 0.6 is 0 Å². The van der Waals surface area contributed by atoms with E-state index < -0.39 is 0 Å². The molecule has 0 atom stereocenters. The van der Waals surface area contributed by atoms with Gasteiger partial charge >= 0.3 is 0 Å². The van der Waals surface area contributed by atoms with Crippen LogP contribution in [-0.2, 0) is 5.41 Å². The van der Waals surface area contributed by atoms with E-state index in [0.29, 0.717) is 5.89 Å². The number of hydrogen-bond acceptors (Lipinski definition) is 3.